The zero-order chi connectivity index (χ0) is 40.5. The molecule has 56 heavy (non-hydrogen) atoms. The van der Waals surface area contributed by atoms with Gasteiger partial charge in [-0.25, -0.2) is 13.2 Å². The van der Waals surface area contributed by atoms with Gasteiger partial charge in [0.15, 0.2) is 0 Å². The summed E-state index contributed by atoms with van der Waals surface area (Å²) in [5.41, 5.74) is 5.08. The molecule has 3 N–H and O–H groups in total. The number of rotatable bonds is 11. The van der Waals surface area contributed by atoms with Crippen molar-refractivity contribution in [2.45, 2.75) is 105 Å². The van der Waals surface area contributed by atoms with Crippen LogP contribution in [0.3, 0.4) is 0 Å². The number of hydrogen-bond acceptors (Lipinski definition) is 6. The second-order valence-electron chi connectivity index (χ2n) is 20.1. The molecule has 4 saturated carbocycles. The van der Waals surface area contributed by atoms with E-state index in [9.17, 15) is 18.3 Å². The van der Waals surface area contributed by atoms with Gasteiger partial charge in [0.05, 0.1) is 17.3 Å². The molecule has 7 rings (SSSR count). The van der Waals surface area contributed by atoms with Crippen LogP contribution in [0.1, 0.15) is 115 Å². The molecule has 5 fully saturated rings. The van der Waals surface area contributed by atoms with Crippen LogP contribution in [0, 0.1) is 56.7 Å². The summed E-state index contributed by atoms with van der Waals surface area (Å²) < 4.78 is 27.3. The van der Waals surface area contributed by atoms with E-state index in [-0.39, 0.29) is 27.2 Å². The average Bonchev–Trinajstić information content (AvgIpc) is 3.54. The standard InChI is InChI=1S/C46H69N5O4S/c1-32(2)35-15-20-46(48-23-24-50-25-27-51(28-26-50)56(54,55)30-29-49(8)31-47)22-21-44(6)37(40(35)46)13-14-39-43(5)18-16-36(33-9-11-34(12-10-33)41(52)53)42(3,4)38(43)17-19-45(39,44)7/h9-12,16,29-31,35,37-40,47-48H,1,13-15,17-28H2,2-8H3,(H,52,53)/b30-29+,47-31?/t35-,37+,38-,39+,40+,43-,44+,45+,46-/m0/s1. The molecule has 10 heteroatoms. The molecule has 0 radical (unpaired) electrons. The number of allylic oxidation sites excluding steroid dienone is 3. The molecular weight excluding hydrogens is 719 g/mol. The van der Waals surface area contributed by atoms with E-state index in [0.29, 0.717) is 48.2 Å². The number of sulfonamides is 1. The summed E-state index contributed by atoms with van der Waals surface area (Å²) in [6, 6.07) is 7.57. The summed E-state index contributed by atoms with van der Waals surface area (Å²) in [7, 11) is -1.85. The topological polar surface area (TPSA) is 117 Å². The minimum absolute atomic E-state index is 0.00478. The van der Waals surface area contributed by atoms with Gasteiger partial charge in [0, 0.05) is 58.1 Å². The highest BCUT2D eigenvalue weighted by Crippen LogP contribution is 2.76. The SMILES string of the molecule is C=C(C)[C@@H]1CC[C@]2(NCCN3CCN(S(=O)(=O)/C=C/N(C)C=N)CC3)CC[C@]3(C)[C@H](CC[C@@H]4[C@@]5(C)CC=C(c6ccc(C(=O)O)cc6)C(C)(C)[C@@H]5CC[C@]43C)[C@@H]12. The van der Waals surface area contributed by atoms with E-state index in [2.05, 4.69) is 64.4 Å². The molecule has 0 bridgehead atoms. The van der Waals surface area contributed by atoms with Crippen LogP contribution in [-0.2, 0) is 10.0 Å². The predicted octanol–water partition coefficient (Wildman–Crippen LogP) is 8.34. The van der Waals surface area contributed by atoms with E-state index in [4.69, 9.17) is 5.41 Å². The molecule has 0 unspecified atom stereocenters. The van der Waals surface area contributed by atoms with Crippen molar-refractivity contribution in [1.82, 2.24) is 19.4 Å². The fourth-order valence-electron chi connectivity index (χ4n) is 14.3. The summed E-state index contributed by atoms with van der Waals surface area (Å²) in [4.78, 5) is 15.4. The lowest BCUT2D eigenvalue weighted by Crippen LogP contribution is -2.68. The molecule has 1 aromatic rings. The number of benzene rings is 1. The molecule has 0 aromatic heterocycles. The first kappa shape index (κ1) is 41.4. The zero-order valence-electron chi connectivity index (χ0n) is 35.2. The Bertz CT molecular complexity index is 1870. The van der Waals surface area contributed by atoms with E-state index < -0.39 is 16.0 Å². The number of aromatic carboxylic acids is 1. The van der Waals surface area contributed by atoms with Gasteiger partial charge in [0.2, 0.25) is 10.0 Å². The van der Waals surface area contributed by atoms with Crippen LogP contribution < -0.4 is 5.32 Å². The van der Waals surface area contributed by atoms with Gasteiger partial charge in [-0.1, -0.05) is 65.0 Å². The Hall–Kier alpha value is -2.79. The fourth-order valence-corrected chi connectivity index (χ4v) is 15.5. The lowest BCUT2D eigenvalue weighted by molar-refractivity contribution is -0.219. The van der Waals surface area contributed by atoms with E-state index in [1.54, 1.807) is 23.5 Å². The third-order valence-corrected chi connectivity index (χ3v) is 18.9. The van der Waals surface area contributed by atoms with Crippen LogP contribution in [0.25, 0.3) is 5.57 Å². The van der Waals surface area contributed by atoms with Gasteiger partial charge in [-0.15, -0.1) is 0 Å². The second kappa shape index (κ2) is 14.8. The quantitative estimate of drug-likeness (QED) is 0.117. The van der Waals surface area contributed by atoms with Gasteiger partial charge in [-0.05, 0) is 139 Å². The largest absolute Gasteiger partial charge is 0.478 e. The molecule has 6 aliphatic rings. The predicted molar refractivity (Wildman–Crippen MR) is 227 cm³/mol. The van der Waals surface area contributed by atoms with Crippen LogP contribution >= 0.6 is 0 Å². The van der Waals surface area contributed by atoms with Gasteiger partial charge < -0.3 is 15.3 Å². The number of hydrogen-bond donors (Lipinski definition) is 3. The van der Waals surface area contributed by atoms with Crippen molar-refractivity contribution in [3.8, 4) is 0 Å². The zero-order valence-corrected chi connectivity index (χ0v) is 36.1. The van der Waals surface area contributed by atoms with Gasteiger partial charge in [-0.2, -0.15) is 4.31 Å². The Balaban J connectivity index is 1.07. The maximum absolute atomic E-state index is 12.9. The minimum atomic E-state index is -3.50. The molecular formula is C46H69N5O4S. The lowest BCUT2D eigenvalue weighted by atomic mass is 9.33. The average molecular weight is 788 g/mol. The Labute approximate surface area is 337 Å². The fraction of sp³-hybridized carbons (Fsp3) is 0.696. The van der Waals surface area contributed by atoms with Crippen LogP contribution in [0.5, 0.6) is 0 Å². The Morgan fingerprint density at radius 3 is 2.30 bits per heavy atom. The highest BCUT2D eigenvalue weighted by atomic mass is 32.2. The first-order valence-corrected chi connectivity index (χ1v) is 22.9. The molecule has 308 valence electrons. The number of carboxylic acid groups (broad SMARTS) is 1. The number of carboxylic acids is 1. The maximum atomic E-state index is 12.9. The first-order chi connectivity index (χ1) is 26.3. The van der Waals surface area contributed by atoms with Crippen molar-refractivity contribution in [2.24, 2.45) is 51.2 Å². The smallest absolute Gasteiger partial charge is 0.335 e. The van der Waals surface area contributed by atoms with Crippen LogP contribution in [0.2, 0.25) is 0 Å². The summed E-state index contributed by atoms with van der Waals surface area (Å²) in [5.74, 6) is 2.12. The number of nitrogens with zero attached hydrogens (tertiary/aromatic N) is 3. The second-order valence-corrected chi connectivity index (χ2v) is 21.9. The normalized spacial score (nSPS) is 38.5. The number of nitrogens with one attached hydrogen (secondary N) is 2. The number of fused-ring (bicyclic) bond motifs is 7. The highest BCUT2D eigenvalue weighted by Gasteiger charge is 2.70. The van der Waals surface area contributed by atoms with Crippen molar-refractivity contribution in [1.29, 1.82) is 5.41 Å². The molecule has 5 aliphatic carbocycles. The number of carbonyl (C=O) groups is 1. The Morgan fingerprint density at radius 1 is 0.964 bits per heavy atom. The Morgan fingerprint density at radius 2 is 1.66 bits per heavy atom. The van der Waals surface area contributed by atoms with Crippen molar-refractivity contribution in [3.05, 3.63) is 65.2 Å². The Kier molecular flexibility index (Phi) is 10.9. The minimum Gasteiger partial charge on any atom is -0.478 e. The molecule has 1 aliphatic heterocycles. The summed E-state index contributed by atoms with van der Waals surface area (Å²) in [6.07, 6.45) is 16.1. The van der Waals surface area contributed by atoms with Gasteiger partial charge in [0.25, 0.3) is 0 Å². The molecule has 1 heterocycles. The maximum Gasteiger partial charge on any atom is 0.335 e. The van der Waals surface area contributed by atoms with E-state index in [1.807, 2.05) is 12.1 Å². The third-order valence-electron chi connectivity index (χ3n) is 17.4. The van der Waals surface area contributed by atoms with Crippen molar-refractivity contribution in [2.75, 3.05) is 46.3 Å². The van der Waals surface area contributed by atoms with Gasteiger partial charge in [0.1, 0.15) is 0 Å². The van der Waals surface area contributed by atoms with Crippen molar-refractivity contribution in [3.63, 3.8) is 0 Å². The van der Waals surface area contributed by atoms with Crippen molar-refractivity contribution >= 4 is 27.9 Å². The molecule has 1 aromatic carbocycles. The van der Waals surface area contributed by atoms with Gasteiger partial charge >= 0.3 is 5.97 Å². The molecule has 0 amide bonds. The van der Waals surface area contributed by atoms with Crippen molar-refractivity contribution < 1.29 is 18.3 Å². The summed E-state index contributed by atoms with van der Waals surface area (Å²) in [5, 5.41) is 22.3. The molecule has 9 atom stereocenters. The van der Waals surface area contributed by atoms with Crippen LogP contribution in [0.4, 0.5) is 0 Å². The van der Waals surface area contributed by atoms with Crippen LogP contribution in [-0.4, -0.2) is 91.8 Å². The lowest BCUT2D eigenvalue weighted by Gasteiger charge is -2.72. The van der Waals surface area contributed by atoms with Crippen LogP contribution in [0.15, 0.2) is 54.1 Å². The van der Waals surface area contributed by atoms with E-state index in [0.717, 1.165) is 38.9 Å². The summed E-state index contributed by atoms with van der Waals surface area (Å²) in [6.45, 7) is 24.1. The monoisotopic (exact) mass is 788 g/mol. The molecule has 0 spiro atoms. The number of piperazine rings is 1. The molecule has 1 saturated heterocycles. The highest BCUT2D eigenvalue weighted by molar-refractivity contribution is 7.92. The summed E-state index contributed by atoms with van der Waals surface area (Å²) >= 11 is 0. The third kappa shape index (κ3) is 6.66. The van der Waals surface area contributed by atoms with E-state index >= 15 is 0 Å². The van der Waals surface area contributed by atoms with Gasteiger partial charge in [-0.3, -0.25) is 10.3 Å². The van der Waals surface area contributed by atoms with E-state index in [1.165, 1.54) is 84.6 Å². The first-order valence-electron chi connectivity index (χ1n) is 21.4. The molecule has 9 nitrogen and oxygen atoms in total.